The molecule has 0 radical (unpaired) electrons. The van der Waals surface area contributed by atoms with Crippen molar-refractivity contribution in [3.8, 4) is 0 Å². The van der Waals surface area contributed by atoms with Crippen LogP contribution in [0.3, 0.4) is 0 Å². The first-order valence-corrected chi connectivity index (χ1v) is 8.15. The van der Waals surface area contributed by atoms with Crippen LogP contribution in [0.4, 0.5) is 0 Å². The highest BCUT2D eigenvalue weighted by Crippen LogP contribution is 2.27. The van der Waals surface area contributed by atoms with Crippen LogP contribution < -0.4 is 11.1 Å². The standard InChI is InChI=1S/C17H26N4O2/c1-6-17(18,7-2)9-19-15(22)12-8-11(5)20-16-13(12)14(10(3)4)21-23-16/h8,10H,6-7,9,18H2,1-5H3,(H,19,22). The molecule has 0 aliphatic heterocycles. The molecule has 2 aromatic rings. The highest BCUT2D eigenvalue weighted by atomic mass is 16.5. The third-order valence-corrected chi connectivity index (χ3v) is 4.40. The second-order valence-electron chi connectivity index (χ2n) is 6.47. The Kier molecular flexibility index (Phi) is 5.04. The number of nitrogens with two attached hydrogens (primary N) is 1. The normalized spacial score (nSPS) is 12.1. The van der Waals surface area contributed by atoms with E-state index in [-0.39, 0.29) is 17.4 Å². The van der Waals surface area contributed by atoms with Gasteiger partial charge < -0.3 is 15.6 Å². The van der Waals surface area contributed by atoms with E-state index >= 15 is 0 Å². The predicted molar refractivity (Wildman–Crippen MR) is 90.5 cm³/mol. The summed E-state index contributed by atoms with van der Waals surface area (Å²) in [4.78, 5) is 17.0. The van der Waals surface area contributed by atoms with Gasteiger partial charge in [0.05, 0.1) is 16.6 Å². The van der Waals surface area contributed by atoms with Crippen LogP contribution in [0, 0.1) is 6.92 Å². The number of aromatic nitrogens is 2. The van der Waals surface area contributed by atoms with Gasteiger partial charge >= 0.3 is 0 Å². The van der Waals surface area contributed by atoms with Crippen LogP contribution in [0.15, 0.2) is 10.6 Å². The van der Waals surface area contributed by atoms with Crippen molar-refractivity contribution in [1.29, 1.82) is 0 Å². The van der Waals surface area contributed by atoms with Crippen molar-refractivity contribution in [2.45, 2.75) is 58.9 Å². The lowest BCUT2D eigenvalue weighted by Crippen LogP contribution is -2.49. The van der Waals surface area contributed by atoms with Gasteiger partial charge in [0.15, 0.2) is 0 Å². The van der Waals surface area contributed by atoms with Crippen LogP contribution in [0.2, 0.25) is 0 Å². The van der Waals surface area contributed by atoms with Gasteiger partial charge in [-0.3, -0.25) is 4.79 Å². The second-order valence-corrected chi connectivity index (χ2v) is 6.47. The Morgan fingerprint density at radius 3 is 2.61 bits per heavy atom. The molecule has 0 saturated carbocycles. The topological polar surface area (TPSA) is 94.0 Å². The van der Waals surface area contributed by atoms with E-state index in [2.05, 4.69) is 15.5 Å². The van der Waals surface area contributed by atoms with Gasteiger partial charge in [0.25, 0.3) is 11.6 Å². The minimum absolute atomic E-state index is 0.146. The number of nitrogens with zero attached hydrogens (tertiary/aromatic N) is 2. The molecule has 0 spiro atoms. The van der Waals surface area contributed by atoms with Gasteiger partial charge in [-0.2, -0.15) is 0 Å². The van der Waals surface area contributed by atoms with Gasteiger partial charge in [0.2, 0.25) is 0 Å². The summed E-state index contributed by atoms with van der Waals surface area (Å²) in [6, 6.07) is 1.77. The Hall–Kier alpha value is -1.95. The number of rotatable bonds is 6. The monoisotopic (exact) mass is 318 g/mol. The number of carbonyl (C=O) groups is 1. The molecule has 0 aromatic carbocycles. The van der Waals surface area contributed by atoms with Crippen molar-refractivity contribution in [1.82, 2.24) is 15.5 Å². The molecule has 2 aromatic heterocycles. The minimum Gasteiger partial charge on any atom is -0.350 e. The molecule has 2 heterocycles. The maximum atomic E-state index is 12.7. The van der Waals surface area contributed by atoms with Crippen LogP contribution in [-0.2, 0) is 0 Å². The molecule has 0 atom stereocenters. The summed E-state index contributed by atoms with van der Waals surface area (Å²) in [5.74, 6) is -0.0190. The predicted octanol–water partition coefficient (Wildman–Crippen LogP) is 2.90. The van der Waals surface area contributed by atoms with E-state index in [9.17, 15) is 4.79 Å². The zero-order valence-electron chi connectivity index (χ0n) is 14.6. The highest BCUT2D eigenvalue weighted by molar-refractivity contribution is 6.06. The molecule has 3 N–H and O–H groups in total. The molecule has 6 heteroatoms. The molecule has 0 aliphatic rings. The molecule has 1 amide bonds. The van der Waals surface area contributed by atoms with Crippen molar-refractivity contribution in [2.24, 2.45) is 5.73 Å². The van der Waals surface area contributed by atoms with Crippen LogP contribution >= 0.6 is 0 Å². The summed E-state index contributed by atoms with van der Waals surface area (Å²) < 4.78 is 5.30. The average Bonchev–Trinajstić information content (AvgIpc) is 2.95. The van der Waals surface area contributed by atoms with Gasteiger partial charge in [-0.15, -0.1) is 0 Å². The Morgan fingerprint density at radius 1 is 1.39 bits per heavy atom. The number of hydrogen-bond acceptors (Lipinski definition) is 5. The Bertz CT molecular complexity index is 702. The first-order valence-electron chi connectivity index (χ1n) is 8.15. The number of fused-ring (bicyclic) bond motifs is 1. The van der Waals surface area contributed by atoms with Gasteiger partial charge in [0.1, 0.15) is 0 Å². The fraction of sp³-hybridized carbons (Fsp3) is 0.588. The van der Waals surface area contributed by atoms with Crippen molar-refractivity contribution in [2.75, 3.05) is 6.54 Å². The summed E-state index contributed by atoms with van der Waals surface area (Å²) in [5.41, 5.74) is 8.31. The maximum Gasteiger partial charge on any atom is 0.259 e. The molecule has 0 bridgehead atoms. The van der Waals surface area contributed by atoms with Crippen molar-refractivity contribution >= 4 is 17.0 Å². The molecular formula is C17H26N4O2. The number of amides is 1. The summed E-state index contributed by atoms with van der Waals surface area (Å²) in [7, 11) is 0. The number of hydrogen-bond donors (Lipinski definition) is 2. The third kappa shape index (κ3) is 3.52. The molecule has 0 unspecified atom stereocenters. The highest BCUT2D eigenvalue weighted by Gasteiger charge is 2.24. The van der Waals surface area contributed by atoms with E-state index in [0.29, 0.717) is 23.2 Å². The van der Waals surface area contributed by atoms with E-state index in [1.54, 1.807) is 6.07 Å². The SMILES string of the molecule is CCC(N)(CC)CNC(=O)c1cc(C)nc2onc(C(C)C)c12. The Labute approximate surface area is 136 Å². The largest absolute Gasteiger partial charge is 0.350 e. The second kappa shape index (κ2) is 6.66. The molecule has 2 rings (SSSR count). The van der Waals surface area contributed by atoms with Crippen molar-refractivity contribution < 1.29 is 9.32 Å². The zero-order chi connectivity index (χ0) is 17.2. The Morgan fingerprint density at radius 2 is 2.04 bits per heavy atom. The lowest BCUT2D eigenvalue weighted by molar-refractivity contribution is 0.0943. The first kappa shape index (κ1) is 17.4. The van der Waals surface area contributed by atoms with E-state index < -0.39 is 0 Å². The average molecular weight is 318 g/mol. The van der Waals surface area contributed by atoms with Crippen LogP contribution in [-0.4, -0.2) is 28.1 Å². The molecule has 0 fully saturated rings. The van der Waals surface area contributed by atoms with E-state index in [1.165, 1.54) is 0 Å². The zero-order valence-corrected chi connectivity index (χ0v) is 14.6. The fourth-order valence-electron chi connectivity index (χ4n) is 2.52. The summed E-state index contributed by atoms with van der Waals surface area (Å²) >= 11 is 0. The van der Waals surface area contributed by atoms with Crippen LogP contribution in [0.1, 0.15) is 68.2 Å². The van der Waals surface area contributed by atoms with Gasteiger partial charge in [-0.25, -0.2) is 4.98 Å². The molecule has 126 valence electrons. The third-order valence-electron chi connectivity index (χ3n) is 4.40. The van der Waals surface area contributed by atoms with Crippen LogP contribution in [0.5, 0.6) is 0 Å². The van der Waals surface area contributed by atoms with Crippen molar-refractivity contribution in [3.05, 3.63) is 23.0 Å². The number of carbonyl (C=O) groups excluding carboxylic acids is 1. The smallest absolute Gasteiger partial charge is 0.259 e. The lowest BCUT2D eigenvalue weighted by Gasteiger charge is -2.26. The molecule has 6 nitrogen and oxygen atoms in total. The van der Waals surface area contributed by atoms with Gasteiger partial charge in [0, 0.05) is 17.8 Å². The molecule has 0 aliphatic carbocycles. The Balaban J connectivity index is 2.38. The van der Waals surface area contributed by atoms with E-state index in [4.69, 9.17) is 10.3 Å². The number of pyridine rings is 1. The summed E-state index contributed by atoms with van der Waals surface area (Å²) in [6.07, 6.45) is 1.61. The van der Waals surface area contributed by atoms with Gasteiger partial charge in [-0.1, -0.05) is 32.9 Å². The molecule has 0 saturated heterocycles. The van der Waals surface area contributed by atoms with Crippen LogP contribution in [0.25, 0.3) is 11.1 Å². The maximum absolute atomic E-state index is 12.7. The number of nitrogens with one attached hydrogen (secondary N) is 1. The summed E-state index contributed by atoms with van der Waals surface area (Å²) in [6.45, 7) is 10.3. The molecular weight excluding hydrogens is 292 g/mol. The molecule has 23 heavy (non-hydrogen) atoms. The van der Waals surface area contributed by atoms with Gasteiger partial charge in [-0.05, 0) is 31.7 Å². The summed E-state index contributed by atoms with van der Waals surface area (Å²) in [5, 5.41) is 7.73. The quantitative estimate of drug-likeness (QED) is 0.854. The van der Waals surface area contributed by atoms with E-state index in [0.717, 1.165) is 24.2 Å². The lowest BCUT2D eigenvalue weighted by atomic mass is 9.94. The minimum atomic E-state index is -0.383. The van der Waals surface area contributed by atoms with E-state index in [1.807, 2.05) is 34.6 Å². The van der Waals surface area contributed by atoms with Crippen molar-refractivity contribution in [3.63, 3.8) is 0 Å². The fourth-order valence-corrected chi connectivity index (χ4v) is 2.52. The number of aryl methyl sites for hydroxylation is 1. The first-order chi connectivity index (χ1) is 10.8.